The lowest BCUT2D eigenvalue weighted by molar-refractivity contribution is -0.267. The maximum absolute atomic E-state index is 13.3. The molecule has 0 aliphatic carbocycles. The Hall–Kier alpha value is -2.55. The summed E-state index contributed by atoms with van der Waals surface area (Å²) >= 11 is 0. The summed E-state index contributed by atoms with van der Waals surface area (Å²) in [6, 6.07) is 2.93. The Labute approximate surface area is 142 Å². The topological polar surface area (TPSA) is 84.9 Å². The Morgan fingerprint density at radius 3 is 2.44 bits per heavy atom. The van der Waals surface area contributed by atoms with Crippen LogP contribution in [0.1, 0.15) is 18.1 Å². The minimum atomic E-state index is -5.29. The number of hydrogen-bond donors (Lipinski definition) is 2. The Bertz CT molecular complexity index is 660. The van der Waals surface area contributed by atoms with Gasteiger partial charge in [-0.15, -0.1) is 0 Å². The van der Waals surface area contributed by atoms with Gasteiger partial charge in [0.1, 0.15) is 6.61 Å². The average molecular weight is 361 g/mol. The maximum Gasteiger partial charge on any atom is 0.432 e. The summed E-state index contributed by atoms with van der Waals surface area (Å²) < 4.78 is 48.9. The highest BCUT2D eigenvalue weighted by atomic mass is 19.4. The largest absolute Gasteiger partial charge is 0.463 e. The number of ether oxygens (including phenoxy) is 2. The molecule has 2 N–H and O–H groups in total. The highest BCUT2D eigenvalue weighted by Crippen LogP contribution is 2.41. The van der Waals surface area contributed by atoms with Crippen LogP contribution in [0, 0.1) is 6.92 Å². The van der Waals surface area contributed by atoms with Gasteiger partial charge in [-0.2, -0.15) is 13.2 Å². The van der Waals surface area contributed by atoms with Crippen molar-refractivity contribution in [3.05, 3.63) is 42.0 Å². The second-order valence-corrected chi connectivity index (χ2v) is 4.97. The molecule has 0 saturated carbocycles. The third kappa shape index (κ3) is 4.50. The van der Waals surface area contributed by atoms with Crippen LogP contribution in [0.2, 0.25) is 0 Å². The predicted molar refractivity (Wildman–Crippen MR) is 82.9 cm³/mol. The van der Waals surface area contributed by atoms with Crippen LogP contribution in [-0.4, -0.2) is 36.6 Å². The highest BCUT2D eigenvalue weighted by molar-refractivity contribution is 5.86. The smallest absolute Gasteiger partial charge is 0.432 e. The number of halogens is 3. The number of benzene rings is 1. The van der Waals surface area contributed by atoms with Crippen molar-refractivity contribution in [3.8, 4) is 0 Å². The third-order valence-electron chi connectivity index (χ3n) is 3.19. The zero-order valence-corrected chi connectivity index (χ0v) is 13.6. The normalized spacial score (nSPS) is 13.5. The summed E-state index contributed by atoms with van der Waals surface area (Å²) in [6.07, 6.45) is -4.77. The molecule has 9 heteroatoms. The van der Waals surface area contributed by atoms with E-state index in [1.165, 1.54) is 19.9 Å². The monoisotopic (exact) mass is 361 g/mol. The molecule has 0 bridgehead atoms. The van der Waals surface area contributed by atoms with E-state index in [1.54, 1.807) is 0 Å². The summed E-state index contributed by atoms with van der Waals surface area (Å²) in [4.78, 5) is 23.2. The molecule has 25 heavy (non-hydrogen) atoms. The fourth-order valence-corrected chi connectivity index (χ4v) is 1.94. The van der Waals surface area contributed by atoms with Gasteiger partial charge in [-0.05, 0) is 25.5 Å². The van der Waals surface area contributed by atoms with E-state index in [2.05, 4.69) is 16.6 Å². The van der Waals surface area contributed by atoms with Gasteiger partial charge in [0.15, 0.2) is 0 Å². The molecular weight excluding hydrogens is 343 g/mol. The molecule has 0 saturated heterocycles. The number of anilines is 1. The van der Waals surface area contributed by atoms with Gasteiger partial charge in [0.25, 0.3) is 5.60 Å². The number of alkyl halides is 3. The quantitative estimate of drug-likeness (QED) is 0.601. The number of rotatable bonds is 6. The maximum atomic E-state index is 13.3. The number of carbonyl (C=O) groups excluding carboxylic acids is 2. The first-order valence-electron chi connectivity index (χ1n) is 7.20. The summed E-state index contributed by atoms with van der Waals surface area (Å²) in [6.45, 7) is 5.72. The SMILES string of the molecule is C=CCOC(=O)Nc1ccc([C@@](O)(C(=O)OCC)C(F)(F)F)cc1C. The van der Waals surface area contributed by atoms with E-state index < -0.39 is 29.4 Å². The van der Waals surface area contributed by atoms with Crippen molar-refractivity contribution >= 4 is 17.7 Å². The minimum Gasteiger partial charge on any atom is -0.463 e. The van der Waals surface area contributed by atoms with Gasteiger partial charge < -0.3 is 14.6 Å². The van der Waals surface area contributed by atoms with Crippen molar-refractivity contribution in [2.75, 3.05) is 18.5 Å². The van der Waals surface area contributed by atoms with Gasteiger partial charge >= 0.3 is 18.2 Å². The van der Waals surface area contributed by atoms with Crippen LogP contribution in [0.3, 0.4) is 0 Å². The van der Waals surface area contributed by atoms with E-state index in [1.807, 2.05) is 0 Å². The molecule has 0 radical (unpaired) electrons. The van der Waals surface area contributed by atoms with Crippen LogP contribution in [-0.2, 0) is 19.9 Å². The second kappa shape index (κ2) is 8.02. The van der Waals surface area contributed by atoms with Crippen molar-refractivity contribution in [2.24, 2.45) is 0 Å². The van der Waals surface area contributed by atoms with Crippen LogP contribution >= 0.6 is 0 Å². The minimum absolute atomic E-state index is 0.0420. The van der Waals surface area contributed by atoms with E-state index >= 15 is 0 Å². The number of hydrogen-bond acceptors (Lipinski definition) is 5. The van der Waals surface area contributed by atoms with Crippen LogP contribution in [0.5, 0.6) is 0 Å². The van der Waals surface area contributed by atoms with Gasteiger partial charge in [0.2, 0.25) is 0 Å². The number of aliphatic hydroxyl groups is 1. The summed E-state index contributed by atoms with van der Waals surface area (Å²) in [5.74, 6) is -1.83. The number of amides is 1. The van der Waals surface area contributed by atoms with Crippen LogP contribution in [0.4, 0.5) is 23.7 Å². The van der Waals surface area contributed by atoms with E-state index in [0.29, 0.717) is 0 Å². The molecule has 6 nitrogen and oxygen atoms in total. The molecule has 138 valence electrons. The fourth-order valence-electron chi connectivity index (χ4n) is 1.94. The van der Waals surface area contributed by atoms with E-state index in [9.17, 15) is 27.9 Å². The molecule has 1 rings (SSSR count). The van der Waals surface area contributed by atoms with E-state index in [4.69, 9.17) is 4.74 Å². The molecule has 0 aliphatic rings. The standard InChI is InChI=1S/C16H18F3NO5/c1-4-8-25-14(22)20-12-7-6-11(9-10(12)3)15(23,16(17,18)19)13(21)24-5-2/h4,6-7,9,23H,1,5,8H2,2-3H3,(H,20,22)/t15-/m1/s1. The molecule has 0 spiro atoms. The van der Waals surface area contributed by atoms with Crippen molar-refractivity contribution in [1.29, 1.82) is 0 Å². The highest BCUT2D eigenvalue weighted by Gasteiger charge is 2.62. The van der Waals surface area contributed by atoms with Crippen molar-refractivity contribution in [3.63, 3.8) is 0 Å². The molecular formula is C16H18F3NO5. The lowest BCUT2D eigenvalue weighted by Gasteiger charge is -2.29. The first kappa shape index (κ1) is 20.5. The van der Waals surface area contributed by atoms with Crippen LogP contribution in [0.25, 0.3) is 0 Å². The zero-order valence-electron chi connectivity index (χ0n) is 13.6. The second-order valence-electron chi connectivity index (χ2n) is 4.97. The zero-order chi connectivity index (χ0) is 19.3. The molecule has 0 unspecified atom stereocenters. The van der Waals surface area contributed by atoms with Gasteiger partial charge in [-0.25, -0.2) is 9.59 Å². The van der Waals surface area contributed by atoms with Crippen molar-refractivity contribution in [2.45, 2.75) is 25.6 Å². The summed E-state index contributed by atoms with van der Waals surface area (Å²) in [7, 11) is 0. The third-order valence-corrected chi connectivity index (χ3v) is 3.19. The molecule has 0 aliphatic heterocycles. The van der Waals surface area contributed by atoms with Crippen molar-refractivity contribution < 1.29 is 37.3 Å². The van der Waals surface area contributed by atoms with Crippen LogP contribution in [0.15, 0.2) is 30.9 Å². The Morgan fingerprint density at radius 1 is 1.32 bits per heavy atom. The molecule has 0 aromatic heterocycles. The Balaban J connectivity index is 3.19. The number of nitrogens with one attached hydrogen (secondary N) is 1. The molecule has 0 heterocycles. The molecule has 1 atom stereocenters. The van der Waals surface area contributed by atoms with Crippen molar-refractivity contribution in [1.82, 2.24) is 0 Å². The van der Waals surface area contributed by atoms with Crippen LogP contribution < -0.4 is 5.32 Å². The summed E-state index contributed by atoms with van der Waals surface area (Å²) in [5, 5.41) is 12.3. The number of carbonyl (C=O) groups is 2. The molecule has 1 amide bonds. The van der Waals surface area contributed by atoms with Gasteiger partial charge in [-0.1, -0.05) is 24.8 Å². The Kier molecular flexibility index (Phi) is 6.57. The average Bonchev–Trinajstić information content (AvgIpc) is 2.53. The van der Waals surface area contributed by atoms with Gasteiger partial charge in [0.05, 0.1) is 6.61 Å². The number of esters is 1. The first-order valence-corrected chi connectivity index (χ1v) is 7.20. The van der Waals surface area contributed by atoms with E-state index in [-0.39, 0.29) is 24.5 Å². The lowest BCUT2D eigenvalue weighted by atomic mass is 9.91. The van der Waals surface area contributed by atoms with Gasteiger partial charge in [0, 0.05) is 11.3 Å². The first-order chi connectivity index (χ1) is 11.6. The molecule has 1 aromatic rings. The molecule has 1 aromatic carbocycles. The fraction of sp³-hybridized carbons (Fsp3) is 0.375. The van der Waals surface area contributed by atoms with Gasteiger partial charge in [-0.3, -0.25) is 5.32 Å². The summed E-state index contributed by atoms with van der Waals surface area (Å²) in [5.41, 5.74) is -4.19. The number of aryl methyl sites for hydroxylation is 1. The predicted octanol–water partition coefficient (Wildman–Crippen LogP) is 3.04. The Morgan fingerprint density at radius 2 is 1.96 bits per heavy atom. The lowest BCUT2D eigenvalue weighted by Crippen LogP contribution is -2.50. The molecule has 0 fully saturated rings. The van der Waals surface area contributed by atoms with E-state index in [0.717, 1.165) is 18.2 Å².